The van der Waals surface area contributed by atoms with Gasteiger partial charge < -0.3 is 4.90 Å². The van der Waals surface area contributed by atoms with Crippen molar-refractivity contribution >= 4 is 107 Å². The molecule has 3 aromatic heterocycles. The first-order valence-corrected chi connectivity index (χ1v) is 22.7. The minimum absolute atomic E-state index is 1.11. The maximum Gasteiger partial charge on any atom is 0.109 e. The third kappa shape index (κ3) is 5.47. The predicted octanol–water partition coefficient (Wildman–Crippen LogP) is 17.5. The third-order valence-corrected chi connectivity index (χ3v) is 15.0. The molecule has 0 unspecified atom stereocenters. The van der Waals surface area contributed by atoms with E-state index < -0.39 is 0 Å². The van der Waals surface area contributed by atoms with Crippen LogP contribution in [0.1, 0.15) is 0 Å². The van der Waals surface area contributed by atoms with E-state index in [1.165, 1.54) is 101 Å². The summed E-state index contributed by atoms with van der Waals surface area (Å²) in [6, 6.07) is 80.1. The van der Waals surface area contributed by atoms with Crippen LogP contribution in [0.15, 0.2) is 218 Å². The maximum atomic E-state index is 2.48. The molecule has 0 amide bonds. The Morgan fingerprint density at radius 3 is 1.74 bits per heavy atom. The summed E-state index contributed by atoms with van der Waals surface area (Å²) in [5.74, 6) is 0. The van der Waals surface area contributed by atoms with Gasteiger partial charge in [-0.15, -0.1) is 22.7 Å². The fourth-order valence-corrected chi connectivity index (χ4v) is 12.2. The average molecular weight is 825 g/mol. The molecule has 3 heterocycles. The van der Waals surface area contributed by atoms with E-state index in [9.17, 15) is 0 Å². The lowest BCUT2D eigenvalue weighted by molar-refractivity contribution is 1.30. The molecule has 0 bridgehead atoms. The Hall–Kier alpha value is -7.50. The zero-order valence-electron chi connectivity index (χ0n) is 33.5. The molecule has 10 aromatic carbocycles. The van der Waals surface area contributed by atoms with Crippen LogP contribution in [0.3, 0.4) is 0 Å². The van der Waals surface area contributed by atoms with Crippen molar-refractivity contribution < 1.29 is 0 Å². The third-order valence-electron chi connectivity index (χ3n) is 12.6. The summed E-state index contributed by atoms with van der Waals surface area (Å²) >= 11 is 3.80. The molecular formula is C58H36N2S2. The lowest BCUT2D eigenvalue weighted by Crippen LogP contribution is -2.10. The van der Waals surface area contributed by atoms with Gasteiger partial charge in [0.05, 0.1) is 21.4 Å². The number of hydrogen-bond acceptors (Lipinski definition) is 3. The van der Waals surface area contributed by atoms with Crippen molar-refractivity contribution in [1.29, 1.82) is 0 Å². The first kappa shape index (κ1) is 35.3. The lowest BCUT2D eigenvalue weighted by Gasteiger charge is -2.27. The highest BCUT2D eigenvalue weighted by Crippen LogP contribution is 2.48. The van der Waals surface area contributed by atoms with Gasteiger partial charge in [-0.25, -0.2) is 0 Å². The summed E-state index contributed by atoms with van der Waals surface area (Å²) < 4.78 is 6.44. The average Bonchev–Trinajstić information content (AvgIpc) is 4.01. The number of anilines is 3. The largest absolute Gasteiger partial charge is 0.310 e. The van der Waals surface area contributed by atoms with Gasteiger partial charge in [-0.3, -0.25) is 4.40 Å². The van der Waals surface area contributed by atoms with Crippen LogP contribution in [0.2, 0.25) is 0 Å². The topological polar surface area (TPSA) is 7.65 Å². The van der Waals surface area contributed by atoms with Gasteiger partial charge in [0.15, 0.2) is 0 Å². The van der Waals surface area contributed by atoms with Crippen molar-refractivity contribution in [3.8, 4) is 33.4 Å². The molecule has 0 saturated carbocycles. The van der Waals surface area contributed by atoms with Crippen molar-refractivity contribution in [2.45, 2.75) is 0 Å². The Morgan fingerprint density at radius 2 is 0.935 bits per heavy atom. The number of para-hydroxylation sites is 1. The molecule has 0 atom stereocenters. The molecule has 62 heavy (non-hydrogen) atoms. The number of nitrogens with zero attached hydrogens (tertiary/aromatic N) is 2. The highest BCUT2D eigenvalue weighted by molar-refractivity contribution is 7.27. The predicted molar refractivity (Wildman–Crippen MR) is 269 cm³/mol. The molecule has 4 heteroatoms. The van der Waals surface area contributed by atoms with Crippen LogP contribution in [-0.2, 0) is 0 Å². The van der Waals surface area contributed by atoms with E-state index in [4.69, 9.17) is 0 Å². The summed E-state index contributed by atoms with van der Waals surface area (Å²) in [6.45, 7) is 0. The van der Waals surface area contributed by atoms with Crippen LogP contribution in [-0.4, -0.2) is 4.40 Å². The van der Waals surface area contributed by atoms with Crippen LogP contribution in [0, 0.1) is 0 Å². The maximum absolute atomic E-state index is 2.48. The van der Waals surface area contributed by atoms with Gasteiger partial charge in [0, 0.05) is 53.4 Å². The summed E-state index contributed by atoms with van der Waals surface area (Å²) in [6.07, 6.45) is 0. The zero-order chi connectivity index (χ0) is 40.7. The number of aromatic nitrogens is 1. The van der Waals surface area contributed by atoms with E-state index in [1.807, 2.05) is 22.7 Å². The molecule has 0 radical (unpaired) electrons. The van der Waals surface area contributed by atoms with Gasteiger partial charge in [-0.2, -0.15) is 0 Å². The van der Waals surface area contributed by atoms with Crippen molar-refractivity contribution in [2.24, 2.45) is 0 Å². The number of thiophene rings is 1. The first-order chi connectivity index (χ1) is 30.7. The van der Waals surface area contributed by atoms with Crippen LogP contribution < -0.4 is 4.90 Å². The summed E-state index contributed by atoms with van der Waals surface area (Å²) in [7, 11) is 0. The first-order valence-electron chi connectivity index (χ1n) is 21.1. The molecule has 2 nitrogen and oxygen atoms in total. The van der Waals surface area contributed by atoms with Crippen LogP contribution in [0.4, 0.5) is 17.1 Å². The van der Waals surface area contributed by atoms with E-state index >= 15 is 0 Å². The zero-order valence-corrected chi connectivity index (χ0v) is 35.1. The summed E-state index contributed by atoms with van der Waals surface area (Å²) in [5, 5.41) is 8.91. The van der Waals surface area contributed by atoms with Gasteiger partial charge in [0.1, 0.15) is 4.83 Å². The van der Waals surface area contributed by atoms with Crippen molar-refractivity contribution in [1.82, 2.24) is 4.40 Å². The molecule has 290 valence electrons. The van der Waals surface area contributed by atoms with Crippen LogP contribution in [0.5, 0.6) is 0 Å². The normalized spacial score (nSPS) is 11.9. The highest BCUT2D eigenvalue weighted by Gasteiger charge is 2.22. The second-order valence-electron chi connectivity index (χ2n) is 16.1. The van der Waals surface area contributed by atoms with E-state index in [1.54, 1.807) is 0 Å². The van der Waals surface area contributed by atoms with E-state index in [0.29, 0.717) is 0 Å². The molecule has 13 aromatic rings. The van der Waals surface area contributed by atoms with Gasteiger partial charge >= 0.3 is 0 Å². The molecule has 0 fully saturated rings. The Labute approximate surface area is 366 Å². The quantitative estimate of drug-likeness (QED) is 0.162. The fourth-order valence-electron chi connectivity index (χ4n) is 9.72. The Bertz CT molecular complexity index is 3860. The Morgan fingerprint density at radius 1 is 0.355 bits per heavy atom. The second kappa shape index (κ2) is 14.0. The van der Waals surface area contributed by atoms with Crippen LogP contribution in [0.25, 0.3) is 101 Å². The second-order valence-corrected chi connectivity index (χ2v) is 18.1. The van der Waals surface area contributed by atoms with Gasteiger partial charge in [-0.1, -0.05) is 164 Å². The van der Waals surface area contributed by atoms with Crippen molar-refractivity contribution in [2.75, 3.05) is 4.90 Å². The van der Waals surface area contributed by atoms with Crippen LogP contribution >= 0.6 is 22.7 Å². The van der Waals surface area contributed by atoms with Gasteiger partial charge in [0.2, 0.25) is 0 Å². The SMILES string of the molecule is c1ccc2c(-c3ccc(N(c4ccc(-c5ccc6c(c5)sc5c(-c7cccc8c7sc7ccccc78)c7ccccc7n56)cc4)c4cccc5ccccc45)cc3)cccc2c1. The smallest absolute Gasteiger partial charge is 0.109 e. The molecule has 0 aliphatic rings. The van der Waals surface area contributed by atoms with Crippen molar-refractivity contribution in [3.05, 3.63) is 218 Å². The van der Waals surface area contributed by atoms with E-state index in [2.05, 4.69) is 228 Å². The highest BCUT2D eigenvalue weighted by atomic mass is 32.1. The minimum atomic E-state index is 1.11. The number of fused-ring (bicyclic) bond motifs is 10. The molecule has 0 saturated heterocycles. The lowest BCUT2D eigenvalue weighted by atomic mass is 9.98. The van der Waals surface area contributed by atoms with Gasteiger partial charge in [0.25, 0.3) is 0 Å². The summed E-state index contributed by atoms with van der Waals surface area (Å²) in [4.78, 5) is 3.69. The molecule has 13 rings (SSSR count). The molecule has 0 N–H and O–H groups in total. The number of benzene rings is 10. The molecule has 0 aliphatic heterocycles. The Balaban J connectivity index is 0.914. The van der Waals surface area contributed by atoms with E-state index in [0.717, 1.165) is 17.1 Å². The Kier molecular flexibility index (Phi) is 7.99. The molecule has 0 aliphatic carbocycles. The number of thiazole rings is 1. The number of hydrogen-bond donors (Lipinski definition) is 0. The molecular weight excluding hydrogens is 789 g/mol. The van der Waals surface area contributed by atoms with Gasteiger partial charge in [-0.05, 0) is 93.0 Å². The van der Waals surface area contributed by atoms with Crippen molar-refractivity contribution in [3.63, 3.8) is 0 Å². The number of rotatable bonds is 6. The minimum Gasteiger partial charge on any atom is -0.310 e. The monoisotopic (exact) mass is 824 g/mol. The molecule has 0 spiro atoms. The summed E-state index contributed by atoms with van der Waals surface area (Å²) in [5.41, 5.74) is 13.4. The van der Waals surface area contributed by atoms with E-state index in [-0.39, 0.29) is 0 Å². The standard InChI is InChI=1S/C58H36N2S2/c1-3-16-44-38(12-1)14-9-20-45(44)40-28-33-43(34-29-40)59(51-24-10-15-39-13-2-4-17-46(39)51)42-31-26-37(27-32-42)41-30-35-53-55(36-41)62-58-56(49-19-5-7-23-52(49)60(53)58)50-22-11-21-48-47-18-6-8-25-54(47)61-57(48)50/h1-36H. The fraction of sp³-hybridized carbons (Fsp3) is 0.